The van der Waals surface area contributed by atoms with Gasteiger partial charge in [-0.2, -0.15) is 0 Å². The molecule has 1 aromatic carbocycles. The molecule has 7 heteroatoms. The first-order valence-electron chi connectivity index (χ1n) is 8.40. The Morgan fingerprint density at radius 2 is 1.88 bits per heavy atom. The molecule has 0 aliphatic heterocycles. The lowest BCUT2D eigenvalue weighted by atomic mass is 9.97. The smallest absolute Gasteiger partial charge is 0.257 e. The van der Waals surface area contributed by atoms with Gasteiger partial charge in [-0.3, -0.25) is 4.79 Å². The summed E-state index contributed by atoms with van der Waals surface area (Å²) in [5.41, 5.74) is 0.668. The number of aryl methyl sites for hydroxylation is 1. The Hall–Kier alpha value is -1.60. The van der Waals surface area contributed by atoms with Crippen LogP contribution >= 0.6 is 0 Å². The highest BCUT2D eigenvalue weighted by molar-refractivity contribution is 7.89. The van der Waals surface area contributed by atoms with Crippen molar-refractivity contribution in [3.63, 3.8) is 0 Å². The van der Waals surface area contributed by atoms with E-state index in [4.69, 9.17) is 4.74 Å². The minimum atomic E-state index is -3.54. The number of rotatable bonds is 8. The number of carbonyl (C=O) groups excluding carboxylic acids is 1. The Labute approximate surface area is 151 Å². The predicted octanol–water partition coefficient (Wildman–Crippen LogP) is 2.47. The predicted molar refractivity (Wildman–Crippen MR) is 99.2 cm³/mol. The van der Waals surface area contributed by atoms with Crippen LogP contribution in [0.2, 0.25) is 0 Å². The normalized spacial score (nSPS) is 12.3. The van der Waals surface area contributed by atoms with E-state index in [1.807, 2.05) is 34.6 Å². The van der Waals surface area contributed by atoms with Crippen molar-refractivity contribution in [1.29, 1.82) is 0 Å². The zero-order chi connectivity index (χ0) is 19.3. The molecule has 1 aromatic rings. The standard InChI is InChI=1S/C18H30N2O4S/c1-13(2)10-20-25(22,23)15-7-8-16(14(3)9-15)24-11-17(21)19-12-18(4,5)6/h7-9,13,20H,10-12H2,1-6H3,(H,19,21). The van der Waals surface area contributed by atoms with Crippen LogP contribution in [0, 0.1) is 18.3 Å². The summed E-state index contributed by atoms with van der Waals surface area (Å²) in [4.78, 5) is 12.0. The zero-order valence-corrected chi connectivity index (χ0v) is 16.8. The van der Waals surface area contributed by atoms with E-state index < -0.39 is 10.0 Å². The molecule has 6 nitrogen and oxygen atoms in total. The molecular weight excluding hydrogens is 340 g/mol. The average molecular weight is 371 g/mol. The zero-order valence-electron chi connectivity index (χ0n) is 16.0. The number of benzene rings is 1. The van der Waals surface area contributed by atoms with Crippen molar-refractivity contribution in [1.82, 2.24) is 10.0 Å². The van der Waals surface area contributed by atoms with E-state index in [-0.39, 0.29) is 28.7 Å². The van der Waals surface area contributed by atoms with Crippen LogP contribution in [0.15, 0.2) is 23.1 Å². The summed E-state index contributed by atoms with van der Waals surface area (Å²) < 4.78 is 32.5. The second kappa shape index (κ2) is 8.67. The Balaban J connectivity index is 2.68. The molecule has 142 valence electrons. The van der Waals surface area contributed by atoms with E-state index in [0.29, 0.717) is 24.4 Å². The summed E-state index contributed by atoms with van der Waals surface area (Å²) in [6, 6.07) is 4.61. The van der Waals surface area contributed by atoms with Crippen LogP contribution in [-0.2, 0) is 14.8 Å². The third-order valence-electron chi connectivity index (χ3n) is 3.31. The Kier molecular flexibility index (Phi) is 7.44. The van der Waals surface area contributed by atoms with Crippen LogP contribution in [0.1, 0.15) is 40.2 Å². The number of sulfonamides is 1. The molecule has 2 N–H and O–H groups in total. The van der Waals surface area contributed by atoms with E-state index in [1.165, 1.54) is 6.07 Å². The van der Waals surface area contributed by atoms with Gasteiger partial charge in [-0.1, -0.05) is 34.6 Å². The lowest BCUT2D eigenvalue weighted by Crippen LogP contribution is -2.35. The number of amides is 1. The highest BCUT2D eigenvalue weighted by Gasteiger charge is 2.16. The van der Waals surface area contributed by atoms with Crippen LogP contribution < -0.4 is 14.8 Å². The van der Waals surface area contributed by atoms with Gasteiger partial charge in [0.05, 0.1) is 4.90 Å². The van der Waals surface area contributed by atoms with Crippen molar-refractivity contribution in [2.45, 2.75) is 46.4 Å². The molecule has 0 aromatic heterocycles. The van der Waals surface area contributed by atoms with Gasteiger partial charge in [-0.05, 0) is 42.0 Å². The molecular formula is C18H30N2O4S. The maximum atomic E-state index is 12.2. The molecule has 0 aliphatic carbocycles. The van der Waals surface area contributed by atoms with Crippen LogP contribution in [0.25, 0.3) is 0 Å². The van der Waals surface area contributed by atoms with Crippen molar-refractivity contribution in [3.8, 4) is 5.75 Å². The maximum absolute atomic E-state index is 12.2. The number of hydrogen-bond donors (Lipinski definition) is 2. The molecule has 0 bridgehead atoms. The van der Waals surface area contributed by atoms with Crippen molar-refractivity contribution >= 4 is 15.9 Å². The van der Waals surface area contributed by atoms with Crippen molar-refractivity contribution < 1.29 is 17.9 Å². The van der Waals surface area contributed by atoms with Crippen LogP contribution in [0.5, 0.6) is 5.75 Å². The molecule has 0 spiro atoms. The van der Waals surface area contributed by atoms with Crippen molar-refractivity contribution in [3.05, 3.63) is 23.8 Å². The van der Waals surface area contributed by atoms with Crippen molar-refractivity contribution in [2.24, 2.45) is 11.3 Å². The van der Waals surface area contributed by atoms with Gasteiger partial charge in [0.15, 0.2) is 6.61 Å². The fraction of sp³-hybridized carbons (Fsp3) is 0.611. The number of carbonyl (C=O) groups is 1. The SMILES string of the molecule is Cc1cc(S(=O)(=O)NCC(C)C)ccc1OCC(=O)NCC(C)(C)C. The van der Waals surface area contributed by atoms with E-state index in [1.54, 1.807) is 19.1 Å². The van der Waals surface area contributed by atoms with Gasteiger partial charge in [-0.15, -0.1) is 0 Å². The summed E-state index contributed by atoms with van der Waals surface area (Å²) in [5, 5.41) is 2.81. The summed E-state index contributed by atoms with van der Waals surface area (Å²) in [6.07, 6.45) is 0. The molecule has 0 heterocycles. The molecule has 0 saturated carbocycles. The minimum Gasteiger partial charge on any atom is -0.484 e. The lowest BCUT2D eigenvalue weighted by molar-refractivity contribution is -0.123. The molecule has 1 rings (SSSR count). The summed E-state index contributed by atoms with van der Waals surface area (Å²) in [6.45, 7) is 12.6. The number of nitrogens with one attached hydrogen (secondary N) is 2. The Bertz CT molecular complexity index is 692. The molecule has 25 heavy (non-hydrogen) atoms. The Morgan fingerprint density at radius 1 is 1.24 bits per heavy atom. The first kappa shape index (κ1) is 21.4. The molecule has 0 radical (unpaired) electrons. The molecule has 0 unspecified atom stereocenters. The van der Waals surface area contributed by atoms with Gasteiger partial charge in [0.2, 0.25) is 10.0 Å². The van der Waals surface area contributed by atoms with Crippen LogP contribution in [0.3, 0.4) is 0 Å². The highest BCUT2D eigenvalue weighted by Crippen LogP contribution is 2.22. The molecule has 0 aliphatic rings. The fourth-order valence-corrected chi connectivity index (χ4v) is 3.17. The van der Waals surface area contributed by atoms with Gasteiger partial charge < -0.3 is 10.1 Å². The number of hydrogen-bond acceptors (Lipinski definition) is 4. The summed E-state index contributed by atoms with van der Waals surface area (Å²) in [5.74, 6) is 0.517. The van der Waals surface area contributed by atoms with E-state index in [9.17, 15) is 13.2 Å². The van der Waals surface area contributed by atoms with Gasteiger partial charge >= 0.3 is 0 Å². The second-order valence-corrected chi connectivity index (χ2v) is 9.57. The summed E-state index contributed by atoms with van der Waals surface area (Å²) in [7, 11) is -3.54. The quantitative estimate of drug-likeness (QED) is 0.736. The first-order valence-corrected chi connectivity index (χ1v) is 9.89. The monoisotopic (exact) mass is 370 g/mol. The first-order chi connectivity index (χ1) is 11.4. The van der Waals surface area contributed by atoms with E-state index in [2.05, 4.69) is 10.0 Å². The molecule has 0 atom stereocenters. The van der Waals surface area contributed by atoms with Gasteiger partial charge in [0, 0.05) is 13.1 Å². The molecule has 0 saturated heterocycles. The second-order valence-electron chi connectivity index (χ2n) is 7.80. The van der Waals surface area contributed by atoms with Gasteiger partial charge in [-0.25, -0.2) is 13.1 Å². The molecule has 1 amide bonds. The largest absolute Gasteiger partial charge is 0.484 e. The lowest BCUT2D eigenvalue weighted by Gasteiger charge is -2.19. The van der Waals surface area contributed by atoms with Crippen molar-refractivity contribution in [2.75, 3.05) is 19.7 Å². The fourth-order valence-electron chi connectivity index (χ4n) is 1.87. The number of ether oxygens (including phenoxy) is 1. The minimum absolute atomic E-state index is 0.00453. The van der Waals surface area contributed by atoms with Gasteiger partial charge in [0.25, 0.3) is 5.91 Å². The maximum Gasteiger partial charge on any atom is 0.257 e. The summed E-state index contributed by atoms with van der Waals surface area (Å²) >= 11 is 0. The highest BCUT2D eigenvalue weighted by atomic mass is 32.2. The van der Waals surface area contributed by atoms with E-state index in [0.717, 1.165) is 0 Å². The third kappa shape index (κ3) is 7.88. The van der Waals surface area contributed by atoms with E-state index >= 15 is 0 Å². The van der Waals surface area contributed by atoms with Crippen LogP contribution in [-0.4, -0.2) is 34.0 Å². The molecule has 0 fully saturated rings. The van der Waals surface area contributed by atoms with Gasteiger partial charge in [0.1, 0.15) is 5.75 Å². The Morgan fingerprint density at radius 3 is 2.40 bits per heavy atom. The van der Waals surface area contributed by atoms with Crippen LogP contribution in [0.4, 0.5) is 0 Å². The topological polar surface area (TPSA) is 84.5 Å². The third-order valence-corrected chi connectivity index (χ3v) is 4.73. The average Bonchev–Trinajstić information content (AvgIpc) is 2.49.